The number of hydrogen-bond acceptors (Lipinski definition) is 6. The predicted molar refractivity (Wildman–Crippen MR) is 104 cm³/mol. The Balaban J connectivity index is 1.86. The Kier molecular flexibility index (Phi) is 7.10. The van der Waals surface area contributed by atoms with Gasteiger partial charge in [-0.2, -0.15) is 0 Å². The van der Waals surface area contributed by atoms with E-state index in [2.05, 4.69) is 17.1 Å². The van der Waals surface area contributed by atoms with Gasteiger partial charge in [-0.25, -0.2) is 0 Å². The monoisotopic (exact) mass is 374 g/mol. The van der Waals surface area contributed by atoms with E-state index in [9.17, 15) is 4.79 Å². The molecule has 6 nitrogen and oxygen atoms in total. The van der Waals surface area contributed by atoms with Crippen molar-refractivity contribution in [3.63, 3.8) is 0 Å². The first kappa shape index (κ1) is 19.7. The summed E-state index contributed by atoms with van der Waals surface area (Å²) in [7, 11) is 3.17. The van der Waals surface area contributed by atoms with Crippen LogP contribution in [0.15, 0.2) is 35.4 Å². The number of benzene rings is 1. The standard InChI is InChI=1S/C21H30N2O4/c1-25-15-17-10-6-12-23(17)22-21-18(11-7-13-27-21)19(14-20(24)26-2)16-8-4-3-5-9-16/h3-5,8-9,17-19H,6-7,10-15H2,1-2H3/b22-21-/t17-,18-,19-/m0/s1. The maximum atomic E-state index is 12.1. The van der Waals surface area contributed by atoms with Gasteiger partial charge in [-0.15, -0.1) is 5.10 Å². The Morgan fingerprint density at radius 1 is 1.26 bits per heavy atom. The number of carbonyl (C=O) groups is 1. The number of methoxy groups -OCH3 is 2. The van der Waals surface area contributed by atoms with Crippen molar-refractivity contribution >= 4 is 11.9 Å². The number of rotatable bonds is 7. The van der Waals surface area contributed by atoms with Gasteiger partial charge in [0.2, 0.25) is 5.90 Å². The highest BCUT2D eigenvalue weighted by molar-refractivity contribution is 5.81. The van der Waals surface area contributed by atoms with Crippen LogP contribution in [0.3, 0.4) is 0 Å². The van der Waals surface area contributed by atoms with Gasteiger partial charge in [0, 0.05) is 25.5 Å². The fourth-order valence-electron chi connectivity index (χ4n) is 4.08. The Morgan fingerprint density at radius 3 is 2.81 bits per heavy atom. The van der Waals surface area contributed by atoms with Crippen LogP contribution in [0.5, 0.6) is 0 Å². The van der Waals surface area contributed by atoms with Gasteiger partial charge in [-0.05, 0) is 31.2 Å². The molecule has 2 aliphatic heterocycles. The van der Waals surface area contributed by atoms with E-state index in [0.717, 1.165) is 43.7 Å². The van der Waals surface area contributed by atoms with E-state index in [-0.39, 0.29) is 17.8 Å². The molecule has 2 aliphatic rings. The van der Waals surface area contributed by atoms with Crippen molar-refractivity contribution in [1.82, 2.24) is 5.01 Å². The molecule has 0 saturated carbocycles. The molecule has 0 bridgehead atoms. The maximum absolute atomic E-state index is 12.1. The first-order valence-electron chi connectivity index (χ1n) is 9.81. The fraction of sp³-hybridized carbons (Fsp3) is 0.619. The molecule has 27 heavy (non-hydrogen) atoms. The molecule has 3 rings (SSSR count). The maximum Gasteiger partial charge on any atom is 0.306 e. The first-order chi connectivity index (χ1) is 13.2. The SMILES string of the molecule is COC[C@@H]1CCCN1/N=C1\OCCC[C@H]1[C@@H](CC(=O)OC)c1ccccc1. The topological polar surface area (TPSA) is 60.4 Å². The molecule has 6 heteroatoms. The lowest BCUT2D eigenvalue weighted by atomic mass is 9.80. The van der Waals surface area contributed by atoms with E-state index in [1.54, 1.807) is 7.11 Å². The van der Waals surface area contributed by atoms with Crippen molar-refractivity contribution in [3.8, 4) is 0 Å². The zero-order chi connectivity index (χ0) is 19.1. The average molecular weight is 374 g/mol. The summed E-state index contributed by atoms with van der Waals surface area (Å²) in [5.74, 6) is 0.624. The van der Waals surface area contributed by atoms with Crippen LogP contribution >= 0.6 is 0 Å². The predicted octanol–water partition coefficient (Wildman–Crippen LogP) is 3.18. The van der Waals surface area contributed by atoms with Gasteiger partial charge in [-0.3, -0.25) is 9.80 Å². The highest BCUT2D eigenvalue weighted by atomic mass is 16.5. The Hall–Kier alpha value is -2.08. The van der Waals surface area contributed by atoms with Crippen molar-refractivity contribution < 1.29 is 19.0 Å². The van der Waals surface area contributed by atoms with Crippen LogP contribution in [-0.4, -0.2) is 56.9 Å². The van der Waals surface area contributed by atoms with Gasteiger partial charge in [0.1, 0.15) is 0 Å². The number of hydrogen-bond donors (Lipinski definition) is 0. The quantitative estimate of drug-likeness (QED) is 0.686. The summed E-state index contributed by atoms with van der Waals surface area (Å²) >= 11 is 0. The molecule has 0 N–H and O–H groups in total. The minimum Gasteiger partial charge on any atom is -0.480 e. The van der Waals surface area contributed by atoms with Crippen molar-refractivity contribution in [1.29, 1.82) is 0 Å². The minimum atomic E-state index is -0.202. The largest absolute Gasteiger partial charge is 0.480 e. The number of esters is 1. The molecule has 0 aliphatic carbocycles. The minimum absolute atomic E-state index is 0.00109. The van der Waals surface area contributed by atoms with Crippen LogP contribution in [-0.2, 0) is 19.0 Å². The number of ether oxygens (including phenoxy) is 3. The van der Waals surface area contributed by atoms with Crippen LogP contribution in [0, 0.1) is 5.92 Å². The van der Waals surface area contributed by atoms with E-state index >= 15 is 0 Å². The molecule has 1 aromatic carbocycles. The third-order valence-electron chi connectivity index (χ3n) is 5.49. The summed E-state index contributed by atoms with van der Waals surface area (Å²) in [6.45, 7) is 2.27. The van der Waals surface area contributed by atoms with Crippen molar-refractivity contribution in [2.75, 3.05) is 34.0 Å². The third kappa shape index (κ3) is 5.01. The van der Waals surface area contributed by atoms with E-state index in [1.807, 2.05) is 18.2 Å². The van der Waals surface area contributed by atoms with Crippen LogP contribution in [0.1, 0.15) is 43.6 Å². The van der Waals surface area contributed by atoms with Gasteiger partial charge < -0.3 is 14.2 Å². The van der Waals surface area contributed by atoms with Crippen LogP contribution in [0.4, 0.5) is 0 Å². The molecule has 0 amide bonds. The van der Waals surface area contributed by atoms with Gasteiger partial charge in [0.25, 0.3) is 0 Å². The number of nitrogens with zero attached hydrogens (tertiary/aromatic N) is 2. The van der Waals surface area contributed by atoms with Crippen LogP contribution < -0.4 is 0 Å². The highest BCUT2D eigenvalue weighted by Gasteiger charge is 2.35. The molecule has 2 saturated heterocycles. The van der Waals surface area contributed by atoms with Gasteiger partial charge >= 0.3 is 5.97 Å². The molecular formula is C21H30N2O4. The van der Waals surface area contributed by atoms with Gasteiger partial charge in [0.05, 0.1) is 32.8 Å². The molecule has 0 aromatic heterocycles. The van der Waals surface area contributed by atoms with E-state index < -0.39 is 0 Å². The zero-order valence-electron chi connectivity index (χ0n) is 16.3. The normalized spacial score (nSPS) is 25.3. The molecule has 0 spiro atoms. The Bertz CT molecular complexity index is 634. The van der Waals surface area contributed by atoms with Crippen molar-refractivity contribution in [2.45, 2.75) is 44.1 Å². The average Bonchev–Trinajstić information content (AvgIpc) is 3.14. The highest BCUT2D eigenvalue weighted by Crippen LogP contribution is 2.36. The Morgan fingerprint density at radius 2 is 2.07 bits per heavy atom. The van der Waals surface area contributed by atoms with Crippen LogP contribution in [0.25, 0.3) is 0 Å². The summed E-state index contributed by atoms with van der Waals surface area (Å²) in [6.07, 6.45) is 4.45. The van der Waals surface area contributed by atoms with Crippen molar-refractivity contribution in [2.24, 2.45) is 11.0 Å². The number of carbonyl (C=O) groups excluding carboxylic acids is 1. The lowest BCUT2D eigenvalue weighted by molar-refractivity contribution is -0.141. The van der Waals surface area contributed by atoms with Gasteiger partial charge in [0.15, 0.2) is 0 Å². The van der Waals surface area contributed by atoms with Crippen LogP contribution in [0.2, 0.25) is 0 Å². The first-order valence-corrected chi connectivity index (χ1v) is 9.81. The molecule has 3 atom stereocenters. The summed E-state index contributed by atoms with van der Waals surface area (Å²) in [5.41, 5.74) is 1.13. The molecule has 2 heterocycles. The molecular weight excluding hydrogens is 344 g/mol. The lowest BCUT2D eigenvalue weighted by Gasteiger charge is -2.33. The molecule has 2 fully saturated rings. The second-order valence-electron chi connectivity index (χ2n) is 7.25. The second kappa shape index (κ2) is 9.74. The summed E-state index contributed by atoms with van der Waals surface area (Å²) in [6, 6.07) is 10.5. The van der Waals surface area contributed by atoms with Gasteiger partial charge in [-0.1, -0.05) is 30.3 Å². The second-order valence-corrected chi connectivity index (χ2v) is 7.25. The summed E-state index contributed by atoms with van der Waals surface area (Å²) in [5, 5.41) is 7.00. The molecule has 148 valence electrons. The van der Waals surface area contributed by atoms with Crippen molar-refractivity contribution in [3.05, 3.63) is 35.9 Å². The fourth-order valence-corrected chi connectivity index (χ4v) is 4.08. The van der Waals surface area contributed by atoms with E-state index in [0.29, 0.717) is 25.7 Å². The molecule has 0 unspecified atom stereocenters. The lowest BCUT2D eigenvalue weighted by Crippen LogP contribution is -2.35. The smallest absolute Gasteiger partial charge is 0.306 e. The third-order valence-corrected chi connectivity index (χ3v) is 5.49. The van der Waals surface area contributed by atoms with E-state index in [4.69, 9.17) is 19.3 Å². The summed E-state index contributed by atoms with van der Waals surface area (Å²) in [4.78, 5) is 12.1. The zero-order valence-corrected chi connectivity index (χ0v) is 16.3. The summed E-state index contributed by atoms with van der Waals surface area (Å²) < 4.78 is 16.3. The molecule has 0 radical (unpaired) electrons. The Labute approximate surface area is 161 Å². The van der Waals surface area contributed by atoms with E-state index in [1.165, 1.54) is 7.11 Å². The molecule has 1 aromatic rings. The number of hydrazone groups is 1.